The molecule has 3 N–H and O–H groups in total. The van der Waals surface area contributed by atoms with Crippen LogP contribution in [0.5, 0.6) is 0 Å². The number of hydrogen-bond donors (Lipinski definition) is 3. The zero-order valence-electron chi connectivity index (χ0n) is 12.8. The third-order valence-electron chi connectivity index (χ3n) is 4.21. The van der Waals surface area contributed by atoms with Crippen molar-refractivity contribution in [3.63, 3.8) is 0 Å². The van der Waals surface area contributed by atoms with Crippen LogP contribution in [0.2, 0.25) is 0 Å². The van der Waals surface area contributed by atoms with Crippen molar-refractivity contribution in [2.75, 3.05) is 33.0 Å². The van der Waals surface area contributed by atoms with Crippen molar-refractivity contribution in [3.05, 3.63) is 12.2 Å². The Bertz CT molecular complexity index is 351. The summed E-state index contributed by atoms with van der Waals surface area (Å²) in [5.41, 5.74) is 0. The molecule has 3 atom stereocenters. The summed E-state index contributed by atoms with van der Waals surface area (Å²) in [6.45, 7) is 1.97. The van der Waals surface area contributed by atoms with Crippen LogP contribution in [0.15, 0.2) is 12.2 Å². The lowest BCUT2D eigenvalue weighted by molar-refractivity contribution is 0.0964. The third-order valence-corrected chi connectivity index (χ3v) is 4.82. The van der Waals surface area contributed by atoms with Gasteiger partial charge in [0.2, 0.25) is 0 Å². The molecule has 1 amide bonds. The summed E-state index contributed by atoms with van der Waals surface area (Å²) < 4.78 is 15.9. The van der Waals surface area contributed by atoms with E-state index < -0.39 is 6.09 Å². The SMILES string of the molecule is O=C(NSNCCOCCO)OCC1[C@H]2CC/C=C\CC[C@@H]12. The number of fused-ring (bicyclic) bond motifs is 1. The van der Waals surface area contributed by atoms with E-state index in [1.807, 2.05) is 0 Å². The minimum Gasteiger partial charge on any atom is -0.449 e. The molecular formula is C15H26N2O4S. The molecule has 0 spiro atoms. The Labute approximate surface area is 136 Å². The lowest BCUT2D eigenvalue weighted by Gasteiger charge is -2.07. The van der Waals surface area contributed by atoms with Gasteiger partial charge in [-0.1, -0.05) is 12.2 Å². The zero-order valence-corrected chi connectivity index (χ0v) is 13.6. The van der Waals surface area contributed by atoms with Crippen LogP contribution >= 0.6 is 12.1 Å². The molecule has 0 saturated heterocycles. The van der Waals surface area contributed by atoms with Crippen molar-refractivity contribution in [3.8, 4) is 0 Å². The number of aliphatic hydroxyl groups excluding tert-OH is 1. The smallest absolute Gasteiger partial charge is 0.418 e. The first-order chi connectivity index (χ1) is 10.8. The molecule has 1 fully saturated rings. The number of amides is 1. The normalized spacial score (nSPS) is 28.1. The lowest BCUT2D eigenvalue weighted by atomic mass is 10.1. The van der Waals surface area contributed by atoms with Crippen molar-refractivity contribution >= 4 is 18.2 Å². The maximum atomic E-state index is 11.6. The first kappa shape index (κ1) is 17.6. The van der Waals surface area contributed by atoms with Crippen LogP contribution < -0.4 is 9.44 Å². The molecule has 22 heavy (non-hydrogen) atoms. The van der Waals surface area contributed by atoms with E-state index in [0.29, 0.717) is 32.3 Å². The van der Waals surface area contributed by atoms with Crippen molar-refractivity contribution in [2.24, 2.45) is 17.8 Å². The van der Waals surface area contributed by atoms with Crippen molar-refractivity contribution in [1.29, 1.82) is 0 Å². The highest BCUT2D eigenvalue weighted by atomic mass is 32.2. The highest BCUT2D eigenvalue weighted by Crippen LogP contribution is 2.52. The predicted octanol–water partition coefficient (Wildman–Crippen LogP) is 1.87. The molecule has 0 radical (unpaired) electrons. The fraction of sp³-hybridized carbons (Fsp3) is 0.800. The first-order valence-electron chi connectivity index (χ1n) is 7.98. The summed E-state index contributed by atoms with van der Waals surface area (Å²) in [5, 5.41) is 8.53. The van der Waals surface area contributed by atoms with Crippen LogP contribution in [-0.4, -0.2) is 44.2 Å². The number of carbonyl (C=O) groups is 1. The van der Waals surface area contributed by atoms with Gasteiger partial charge in [-0.25, -0.2) is 9.52 Å². The fourth-order valence-corrected chi connectivity index (χ4v) is 3.45. The Kier molecular flexibility index (Phi) is 8.07. The lowest BCUT2D eigenvalue weighted by Crippen LogP contribution is -2.25. The average Bonchev–Trinajstić information content (AvgIpc) is 3.14. The molecule has 1 unspecified atom stereocenters. The molecule has 0 heterocycles. The van der Waals surface area contributed by atoms with Gasteiger partial charge in [0, 0.05) is 18.7 Å². The van der Waals surface area contributed by atoms with E-state index in [-0.39, 0.29) is 6.61 Å². The Hall–Kier alpha value is -0.760. The Morgan fingerprint density at radius 2 is 1.95 bits per heavy atom. The van der Waals surface area contributed by atoms with E-state index in [2.05, 4.69) is 21.6 Å². The van der Waals surface area contributed by atoms with Crippen LogP contribution in [0.1, 0.15) is 25.7 Å². The van der Waals surface area contributed by atoms with Gasteiger partial charge in [-0.05, 0) is 43.4 Å². The fourth-order valence-electron chi connectivity index (χ4n) is 3.05. The second-order valence-corrected chi connectivity index (χ2v) is 6.35. The van der Waals surface area contributed by atoms with E-state index in [1.54, 1.807) is 0 Å². The molecule has 2 aliphatic carbocycles. The maximum absolute atomic E-state index is 11.6. The number of hydrogen-bond acceptors (Lipinski definition) is 6. The number of ether oxygens (including phenoxy) is 2. The largest absolute Gasteiger partial charge is 0.449 e. The van der Waals surface area contributed by atoms with Crippen molar-refractivity contribution < 1.29 is 19.4 Å². The summed E-state index contributed by atoms with van der Waals surface area (Å²) >= 11 is 1.10. The van der Waals surface area contributed by atoms with Crippen LogP contribution in [-0.2, 0) is 9.47 Å². The number of nitrogens with one attached hydrogen (secondary N) is 2. The van der Waals surface area contributed by atoms with Gasteiger partial charge >= 0.3 is 6.09 Å². The van der Waals surface area contributed by atoms with E-state index in [4.69, 9.17) is 14.6 Å². The van der Waals surface area contributed by atoms with E-state index >= 15 is 0 Å². The molecule has 6 nitrogen and oxygen atoms in total. The van der Waals surface area contributed by atoms with Crippen LogP contribution in [0.3, 0.4) is 0 Å². The Morgan fingerprint density at radius 3 is 2.64 bits per heavy atom. The third kappa shape index (κ3) is 6.16. The molecule has 126 valence electrons. The molecule has 0 bridgehead atoms. The summed E-state index contributed by atoms with van der Waals surface area (Å²) in [5.74, 6) is 2.04. The number of carbonyl (C=O) groups excluding carboxylic acids is 1. The molecule has 1 saturated carbocycles. The Balaban J connectivity index is 1.46. The van der Waals surface area contributed by atoms with Gasteiger partial charge in [0.25, 0.3) is 0 Å². The maximum Gasteiger partial charge on any atom is 0.418 e. The molecule has 0 aromatic rings. The summed E-state index contributed by atoms with van der Waals surface area (Å²) in [4.78, 5) is 11.6. The second kappa shape index (κ2) is 10.1. The van der Waals surface area contributed by atoms with Gasteiger partial charge in [0.15, 0.2) is 0 Å². The molecule has 2 aliphatic rings. The monoisotopic (exact) mass is 330 g/mol. The highest BCUT2D eigenvalue weighted by molar-refractivity contribution is 7.96. The van der Waals surface area contributed by atoms with Gasteiger partial charge in [0.05, 0.1) is 26.4 Å². The standard InChI is InChI=1S/C15H26N2O4S/c18-8-10-20-9-7-16-22-17-15(19)21-11-14-12-5-3-1-2-4-6-13(12)14/h1-2,12-14,16,18H,3-11H2,(H,17,19)/b2-1-/t12-,13+,14?. The molecule has 7 heteroatoms. The summed E-state index contributed by atoms with van der Waals surface area (Å²) in [7, 11) is 0. The molecular weight excluding hydrogens is 304 g/mol. The van der Waals surface area contributed by atoms with Crippen LogP contribution in [0.4, 0.5) is 4.79 Å². The van der Waals surface area contributed by atoms with Crippen LogP contribution in [0, 0.1) is 17.8 Å². The van der Waals surface area contributed by atoms with E-state index in [1.165, 1.54) is 12.8 Å². The molecule has 0 aliphatic heterocycles. The number of aliphatic hydroxyl groups is 1. The van der Waals surface area contributed by atoms with Gasteiger partial charge < -0.3 is 14.6 Å². The second-order valence-electron chi connectivity index (χ2n) is 5.65. The highest BCUT2D eigenvalue weighted by Gasteiger charge is 2.49. The molecule has 2 rings (SSSR count). The van der Waals surface area contributed by atoms with Crippen molar-refractivity contribution in [1.82, 2.24) is 9.44 Å². The minimum absolute atomic E-state index is 0.0247. The van der Waals surface area contributed by atoms with E-state index in [9.17, 15) is 4.79 Å². The van der Waals surface area contributed by atoms with Gasteiger partial charge in [-0.15, -0.1) is 0 Å². The molecule has 0 aromatic carbocycles. The quantitative estimate of drug-likeness (QED) is 0.340. The van der Waals surface area contributed by atoms with Gasteiger partial charge in [-0.3, -0.25) is 4.72 Å². The van der Waals surface area contributed by atoms with Gasteiger partial charge in [0.1, 0.15) is 0 Å². The minimum atomic E-state index is -0.397. The van der Waals surface area contributed by atoms with Crippen molar-refractivity contribution in [2.45, 2.75) is 25.7 Å². The number of rotatable bonds is 9. The first-order valence-corrected chi connectivity index (χ1v) is 8.79. The van der Waals surface area contributed by atoms with Gasteiger partial charge in [-0.2, -0.15) is 0 Å². The number of allylic oxidation sites excluding steroid dienone is 2. The summed E-state index contributed by atoms with van der Waals surface area (Å²) in [6, 6.07) is 0. The molecule has 0 aromatic heterocycles. The zero-order chi connectivity index (χ0) is 15.6. The Morgan fingerprint density at radius 1 is 1.23 bits per heavy atom. The topological polar surface area (TPSA) is 79.8 Å². The average molecular weight is 330 g/mol. The summed E-state index contributed by atoms with van der Waals surface area (Å²) in [6.07, 6.45) is 8.90. The predicted molar refractivity (Wildman–Crippen MR) is 86.1 cm³/mol. The van der Waals surface area contributed by atoms with Crippen LogP contribution in [0.25, 0.3) is 0 Å². The van der Waals surface area contributed by atoms with E-state index in [0.717, 1.165) is 36.8 Å².